The zero-order valence-electron chi connectivity index (χ0n) is 15.0. The molecule has 6 rings (SSSR count). The lowest BCUT2D eigenvalue weighted by Crippen LogP contribution is -2.46. The second kappa shape index (κ2) is 5.65. The van der Waals surface area contributed by atoms with Crippen LogP contribution >= 0.6 is 11.3 Å². The topological polar surface area (TPSA) is 65.2 Å². The molecule has 1 unspecified atom stereocenters. The molecular weight excluding hydrogens is 362 g/mol. The zero-order chi connectivity index (χ0) is 18.0. The van der Waals surface area contributed by atoms with E-state index in [1.54, 1.807) is 16.0 Å². The van der Waals surface area contributed by atoms with Gasteiger partial charge in [-0.25, -0.2) is 14.5 Å². The summed E-state index contributed by atoms with van der Waals surface area (Å²) in [6, 6.07) is 8.24. The van der Waals surface area contributed by atoms with Gasteiger partial charge in [-0.2, -0.15) is 5.10 Å². The van der Waals surface area contributed by atoms with Crippen molar-refractivity contribution in [2.75, 3.05) is 18.0 Å². The normalized spacial score (nSPS) is 24.8. The summed E-state index contributed by atoms with van der Waals surface area (Å²) in [7, 11) is 0. The largest absolute Gasteiger partial charge is 0.363 e. The van der Waals surface area contributed by atoms with E-state index in [2.05, 4.69) is 22.1 Å². The summed E-state index contributed by atoms with van der Waals surface area (Å²) in [5.74, 6) is 1.40. The Morgan fingerprint density at radius 1 is 1.26 bits per heavy atom. The molecule has 1 atom stereocenters. The highest BCUT2D eigenvalue weighted by atomic mass is 32.1. The minimum absolute atomic E-state index is 0.0259. The number of hydrogen-bond acceptors (Lipinski definition) is 6. The van der Waals surface area contributed by atoms with Gasteiger partial charge in [0.25, 0.3) is 0 Å². The molecule has 0 N–H and O–H groups in total. The maximum absolute atomic E-state index is 12.8. The van der Waals surface area contributed by atoms with Gasteiger partial charge in [-0.1, -0.05) is 23.5 Å². The molecule has 2 fully saturated rings. The molecule has 0 bridgehead atoms. The van der Waals surface area contributed by atoms with E-state index in [1.165, 1.54) is 17.5 Å². The van der Waals surface area contributed by atoms with Crippen LogP contribution in [0.2, 0.25) is 0 Å². The number of benzene rings is 1. The second-order valence-corrected chi connectivity index (χ2v) is 9.03. The number of thiazole rings is 1. The predicted octanol–water partition coefficient (Wildman–Crippen LogP) is 2.24. The minimum Gasteiger partial charge on any atom is -0.363 e. The van der Waals surface area contributed by atoms with Crippen molar-refractivity contribution in [1.29, 1.82) is 0 Å². The first kappa shape index (κ1) is 15.8. The summed E-state index contributed by atoms with van der Waals surface area (Å²) in [5.41, 5.74) is 0.753. The second-order valence-electron chi connectivity index (χ2n) is 8.02. The van der Waals surface area contributed by atoms with E-state index in [0.717, 1.165) is 42.5 Å². The Morgan fingerprint density at radius 3 is 3.00 bits per heavy atom. The molecule has 1 aliphatic carbocycles. The first-order chi connectivity index (χ1) is 13.2. The van der Waals surface area contributed by atoms with Gasteiger partial charge in [-0.05, 0) is 37.3 Å². The van der Waals surface area contributed by atoms with E-state index in [4.69, 9.17) is 9.72 Å². The number of ether oxygens (including phenoxy) is 1. The fraction of sp³-hybridized carbons (Fsp3) is 0.526. The lowest BCUT2D eigenvalue weighted by molar-refractivity contribution is -0.0759. The summed E-state index contributed by atoms with van der Waals surface area (Å²) in [6.45, 7) is 3.43. The average molecular weight is 383 g/mol. The Bertz CT molecular complexity index is 1050. The van der Waals surface area contributed by atoms with E-state index in [9.17, 15) is 4.79 Å². The maximum Gasteiger partial charge on any atom is 0.346 e. The Morgan fingerprint density at radius 2 is 2.15 bits per heavy atom. The number of nitrogens with zero attached hydrogens (tertiary/aromatic N) is 5. The van der Waals surface area contributed by atoms with Gasteiger partial charge in [0.1, 0.15) is 12.2 Å². The van der Waals surface area contributed by atoms with Crippen LogP contribution in [0.5, 0.6) is 0 Å². The van der Waals surface area contributed by atoms with Gasteiger partial charge in [0, 0.05) is 13.1 Å². The highest BCUT2D eigenvalue weighted by Gasteiger charge is 2.44. The lowest BCUT2D eigenvalue weighted by atomic mass is 10.0. The van der Waals surface area contributed by atoms with Crippen molar-refractivity contribution >= 4 is 26.7 Å². The fourth-order valence-electron chi connectivity index (χ4n) is 4.22. The smallest absolute Gasteiger partial charge is 0.346 e. The van der Waals surface area contributed by atoms with Gasteiger partial charge >= 0.3 is 5.69 Å². The molecule has 1 saturated heterocycles. The molecule has 0 radical (unpaired) electrons. The Hall–Kier alpha value is -2.19. The number of para-hydroxylation sites is 1. The monoisotopic (exact) mass is 383 g/mol. The van der Waals surface area contributed by atoms with Gasteiger partial charge in [0.2, 0.25) is 0 Å². The Kier molecular flexibility index (Phi) is 3.31. The molecule has 3 aromatic rings. The van der Waals surface area contributed by atoms with Gasteiger partial charge in [-0.3, -0.25) is 4.57 Å². The number of fused-ring (bicyclic) bond motifs is 2. The van der Waals surface area contributed by atoms with Crippen LogP contribution in [-0.2, 0) is 24.4 Å². The van der Waals surface area contributed by atoms with Gasteiger partial charge < -0.3 is 9.64 Å². The summed E-state index contributed by atoms with van der Waals surface area (Å²) in [5, 5.41) is 5.55. The van der Waals surface area contributed by atoms with Crippen LogP contribution in [0.1, 0.15) is 25.1 Å². The molecule has 1 saturated carbocycles. The summed E-state index contributed by atoms with van der Waals surface area (Å²) in [6.07, 6.45) is 3.33. The first-order valence-corrected chi connectivity index (χ1v) is 10.4. The molecule has 3 aliphatic rings. The molecular formula is C19H21N5O2S. The lowest BCUT2D eigenvalue weighted by Gasteiger charge is -2.33. The van der Waals surface area contributed by atoms with Crippen molar-refractivity contribution < 1.29 is 4.74 Å². The van der Waals surface area contributed by atoms with Crippen molar-refractivity contribution in [1.82, 2.24) is 19.3 Å². The van der Waals surface area contributed by atoms with Crippen molar-refractivity contribution in [3.8, 4) is 0 Å². The Balaban J connectivity index is 1.26. The third-order valence-corrected chi connectivity index (χ3v) is 7.05. The highest BCUT2D eigenvalue weighted by molar-refractivity contribution is 7.22. The fourth-order valence-corrected chi connectivity index (χ4v) is 5.21. The minimum atomic E-state index is -0.317. The van der Waals surface area contributed by atoms with E-state index >= 15 is 0 Å². The first-order valence-electron chi connectivity index (χ1n) is 9.60. The quantitative estimate of drug-likeness (QED) is 0.694. The number of hydrogen-bond donors (Lipinski definition) is 0. The number of aromatic nitrogens is 4. The van der Waals surface area contributed by atoms with Gasteiger partial charge in [0.15, 0.2) is 11.0 Å². The highest BCUT2D eigenvalue weighted by Crippen LogP contribution is 2.37. The molecule has 1 spiro atoms. The molecule has 8 heteroatoms. The molecule has 7 nitrogen and oxygen atoms in total. The summed E-state index contributed by atoms with van der Waals surface area (Å²) < 4.78 is 11.0. The predicted molar refractivity (Wildman–Crippen MR) is 103 cm³/mol. The summed E-state index contributed by atoms with van der Waals surface area (Å²) >= 11 is 1.72. The summed E-state index contributed by atoms with van der Waals surface area (Å²) in [4.78, 5) is 19.9. The standard InChI is InChI=1S/C19H21N5O2S/c25-18-23-12-19(26-10-16(23)21-24(18)9-13-5-6-13)7-8-22(11-19)17-20-14-3-1-2-4-15(14)27-17/h1-4,13H,5-12H2. The van der Waals surface area contributed by atoms with Crippen molar-refractivity contribution in [2.24, 2.45) is 5.92 Å². The average Bonchev–Trinajstić information content (AvgIpc) is 3.12. The van der Waals surface area contributed by atoms with E-state index in [-0.39, 0.29) is 11.3 Å². The van der Waals surface area contributed by atoms with Crippen molar-refractivity contribution in [3.05, 3.63) is 40.6 Å². The van der Waals surface area contributed by atoms with Crippen molar-refractivity contribution in [3.63, 3.8) is 0 Å². The molecule has 0 amide bonds. The van der Waals surface area contributed by atoms with E-state index in [1.807, 2.05) is 16.7 Å². The van der Waals surface area contributed by atoms with Crippen LogP contribution in [0.3, 0.4) is 0 Å². The molecule has 27 heavy (non-hydrogen) atoms. The van der Waals surface area contributed by atoms with Crippen LogP contribution < -0.4 is 10.6 Å². The third-order valence-electron chi connectivity index (χ3n) is 5.95. The van der Waals surface area contributed by atoms with Crippen LogP contribution in [0, 0.1) is 5.92 Å². The van der Waals surface area contributed by atoms with Gasteiger partial charge in [-0.15, -0.1) is 0 Å². The van der Waals surface area contributed by atoms with E-state index in [0.29, 0.717) is 19.1 Å². The van der Waals surface area contributed by atoms with Crippen molar-refractivity contribution in [2.45, 2.75) is 44.6 Å². The molecule has 140 valence electrons. The van der Waals surface area contributed by atoms with Crippen LogP contribution in [0.4, 0.5) is 5.13 Å². The van der Waals surface area contributed by atoms with Gasteiger partial charge in [0.05, 0.1) is 23.3 Å². The molecule has 4 heterocycles. The van der Waals surface area contributed by atoms with Crippen LogP contribution in [0.15, 0.2) is 29.1 Å². The van der Waals surface area contributed by atoms with Crippen LogP contribution in [-0.4, -0.2) is 38.0 Å². The third kappa shape index (κ3) is 2.62. The number of rotatable bonds is 3. The maximum atomic E-state index is 12.8. The van der Waals surface area contributed by atoms with Crippen LogP contribution in [0.25, 0.3) is 10.2 Å². The van der Waals surface area contributed by atoms with E-state index < -0.39 is 0 Å². The SMILES string of the molecule is O=c1n(CC2CC2)nc2n1CC1(CCN(c3nc4ccccc4s3)C1)OC2. The molecule has 1 aromatic carbocycles. The molecule has 2 aliphatic heterocycles. The number of anilines is 1. The molecule has 2 aromatic heterocycles. The Labute approximate surface area is 160 Å². The zero-order valence-corrected chi connectivity index (χ0v) is 15.8.